The zero-order chi connectivity index (χ0) is 13.7. The third-order valence-corrected chi connectivity index (χ3v) is 4.89. The van der Waals surface area contributed by atoms with Crippen molar-refractivity contribution in [3.05, 3.63) is 58.1 Å². The standard InChI is InChI=1S/C15H16BrNOS/c1-18-14-7-6-11(8-12(14)9-17)10-19-15-5-3-2-4-13(15)16/h2-8H,9-10,17H2,1H3. The van der Waals surface area contributed by atoms with Crippen molar-refractivity contribution in [3.8, 4) is 5.75 Å². The van der Waals surface area contributed by atoms with E-state index in [0.717, 1.165) is 21.5 Å². The van der Waals surface area contributed by atoms with Crippen LogP contribution in [0.25, 0.3) is 0 Å². The first-order chi connectivity index (χ1) is 9.24. The maximum atomic E-state index is 5.73. The van der Waals surface area contributed by atoms with Crippen LogP contribution >= 0.6 is 27.7 Å². The van der Waals surface area contributed by atoms with Crippen LogP contribution in [0, 0.1) is 0 Å². The van der Waals surface area contributed by atoms with Crippen molar-refractivity contribution in [1.29, 1.82) is 0 Å². The fraction of sp³-hybridized carbons (Fsp3) is 0.200. The summed E-state index contributed by atoms with van der Waals surface area (Å²) in [5.41, 5.74) is 8.03. The summed E-state index contributed by atoms with van der Waals surface area (Å²) < 4.78 is 6.41. The first-order valence-electron chi connectivity index (χ1n) is 5.97. The van der Waals surface area contributed by atoms with E-state index in [1.807, 2.05) is 18.2 Å². The molecule has 0 bridgehead atoms. The molecule has 0 aliphatic heterocycles. The van der Waals surface area contributed by atoms with Crippen LogP contribution in [0.4, 0.5) is 0 Å². The quantitative estimate of drug-likeness (QED) is 0.830. The maximum absolute atomic E-state index is 5.73. The Morgan fingerprint density at radius 2 is 2.00 bits per heavy atom. The van der Waals surface area contributed by atoms with E-state index in [2.05, 4.69) is 40.2 Å². The summed E-state index contributed by atoms with van der Waals surface area (Å²) in [7, 11) is 1.67. The Hall–Kier alpha value is -0.970. The van der Waals surface area contributed by atoms with E-state index in [1.165, 1.54) is 10.5 Å². The van der Waals surface area contributed by atoms with Gasteiger partial charge in [-0.2, -0.15) is 0 Å². The molecule has 0 aliphatic rings. The van der Waals surface area contributed by atoms with Crippen LogP contribution in [0.2, 0.25) is 0 Å². The molecule has 0 unspecified atom stereocenters. The molecule has 0 fully saturated rings. The second-order valence-electron chi connectivity index (χ2n) is 4.07. The molecule has 0 aliphatic carbocycles. The number of ether oxygens (including phenoxy) is 1. The molecule has 0 aromatic heterocycles. The number of rotatable bonds is 5. The summed E-state index contributed by atoms with van der Waals surface area (Å²) in [6.45, 7) is 0.497. The Labute approximate surface area is 126 Å². The molecule has 2 N–H and O–H groups in total. The third-order valence-electron chi connectivity index (χ3n) is 2.80. The van der Waals surface area contributed by atoms with Gasteiger partial charge in [0.25, 0.3) is 0 Å². The zero-order valence-electron chi connectivity index (χ0n) is 10.7. The molecule has 0 radical (unpaired) electrons. The van der Waals surface area contributed by atoms with E-state index in [1.54, 1.807) is 18.9 Å². The molecular formula is C15H16BrNOS. The second kappa shape index (κ2) is 6.98. The van der Waals surface area contributed by atoms with Gasteiger partial charge >= 0.3 is 0 Å². The molecular weight excluding hydrogens is 322 g/mol. The first-order valence-corrected chi connectivity index (χ1v) is 7.75. The van der Waals surface area contributed by atoms with E-state index >= 15 is 0 Å². The monoisotopic (exact) mass is 337 g/mol. The van der Waals surface area contributed by atoms with Gasteiger partial charge in [-0.15, -0.1) is 11.8 Å². The van der Waals surface area contributed by atoms with Crippen molar-refractivity contribution in [2.75, 3.05) is 7.11 Å². The van der Waals surface area contributed by atoms with E-state index in [9.17, 15) is 0 Å². The molecule has 2 rings (SSSR count). The highest BCUT2D eigenvalue weighted by Crippen LogP contribution is 2.30. The molecule has 0 amide bonds. The molecule has 0 saturated carbocycles. The van der Waals surface area contributed by atoms with Crippen LogP contribution in [-0.4, -0.2) is 7.11 Å². The molecule has 0 saturated heterocycles. The predicted molar refractivity (Wildman–Crippen MR) is 84.6 cm³/mol. The molecule has 2 aromatic carbocycles. The number of hydrogen-bond acceptors (Lipinski definition) is 3. The van der Waals surface area contributed by atoms with Gasteiger partial charge in [0.1, 0.15) is 5.75 Å². The van der Waals surface area contributed by atoms with Crippen molar-refractivity contribution in [2.24, 2.45) is 5.73 Å². The van der Waals surface area contributed by atoms with Crippen LogP contribution in [-0.2, 0) is 12.3 Å². The van der Waals surface area contributed by atoms with Crippen molar-refractivity contribution >= 4 is 27.7 Å². The van der Waals surface area contributed by atoms with Crippen molar-refractivity contribution in [1.82, 2.24) is 0 Å². The highest BCUT2D eigenvalue weighted by atomic mass is 79.9. The number of thioether (sulfide) groups is 1. The molecule has 0 heterocycles. The summed E-state index contributed by atoms with van der Waals surface area (Å²) in [5.74, 6) is 1.77. The lowest BCUT2D eigenvalue weighted by atomic mass is 10.1. The normalized spacial score (nSPS) is 10.5. The van der Waals surface area contributed by atoms with Crippen molar-refractivity contribution in [2.45, 2.75) is 17.2 Å². The number of benzene rings is 2. The SMILES string of the molecule is COc1ccc(CSc2ccccc2Br)cc1CN. The summed E-state index contributed by atoms with van der Waals surface area (Å²) in [6.07, 6.45) is 0. The molecule has 0 spiro atoms. The Morgan fingerprint density at radius 1 is 1.21 bits per heavy atom. The molecule has 4 heteroatoms. The van der Waals surface area contributed by atoms with Gasteiger partial charge in [0.05, 0.1) is 7.11 Å². The van der Waals surface area contributed by atoms with E-state index in [0.29, 0.717) is 6.54 Å². The predicted octanol–water partition coefficient (Wildman–Crippen LogP) is 4.21. The van der Waals surface area contributed by atoms with Crippen LogP contribution in [0.15, 0.2) is 51.8 Å². The largest absolute Gasteiger partial charge is 0.496 e. The van der Waals surface area contributed by atoms with Gasteiger partial charge in [0.2, 0.25) is 0 Å². The Morgan fingerprint density at radius 3 is 2.68 bits per heavy atom. The summed E-state index contributed by atoms with van der Waals surface area (Å²) in [5, 5.41) is 0. The van der Waals surface area contributed by atoms with E-state index < -0.39 is 0 Å². The fourth-order valence-corrected chi connectivity index (χ4v) is 3.31. The lowest BCUT2D eigenvalue weighted by Gasteiger charge is -2.09. The Balaban J connectivity index is 2.10. The second-order valence-corrected chi connectivity index (χ2v) is 5.94. The highest BCUT2D eigenvalue weighted by molar-refractivity contribution is 9.10. The van der Waals surface area contributed by atoms with Crippen LogP contribution in [0.3, 0.4) is 0 Å². The van der Waals surface area contributed by atoms with Gasteiger partial charge in [-0.05, 0) is 45.8 Å². The topological polar surface area (TPSA) is 35.2 Å². The third kappa shape index (κ3) is 3.75. The van der Waals surface area contributed by atoms with Crippen LogP contribution < -0.4 is 10.5 Å². The summed E-state index contributed by atoms with van der Waals surface area (Å²) in [6, 6.07) is 14.4. The number of methoxy groups -OCH3 is 1. The summed E-state index contributed by atoms with van der Waals surface area (Å²) >= 11 is 5.36. The van der Waals surface area contributed by atoms with Gasteiger partial charge in [0, 0.05) is 27.2 Å². The van der Waals surface area contributed by atoms with Crippen LogP contribution in [0.1, 0.15) is 11.1 Å². The maximum Gasteiger partial charge on any atom is 0.123 e. The number of halogens is 1. The van der Waals surface area contributed by atoms with E-state index in [4.69, 9.17) is 10.5 Å². The molecule has 2 nitrogen and oxygen atoms in total. The van der Waals surface area contributed by atoms with Crippen LogP contribution in [0.5, 0.6) is 5.75 Å². The number of nitrogens with two attached hydrogens (primary N) is 1. The Kier molecular flexibility index (Phi) is 5.31. The van der Waals surface area contributed by atoms with Gasteiger partial charge in [-0.3, -0.25) is 0 Å². The minimum atomic E-state index is 0.497. The van der Waals surface area contributed by atoms with Gasteiger partial charge in [-0.1, -0.05) is 18.2 Å². The highest BCUT2D eigenvalue weighted by Gasteiger charge is 2.04. The van der Waals surface area contributed by atoms with Crippen molar-refractivity contribution < 1.29 is 4.74 Å². The minimum absolute atomic E-state index is 0.497. The molecule has 0 atom stereocenters. The zero-order valence-corrected chi connectivity index (χ0v) is 13.1. The molecule has 2 aromatic rings. The lowest BCUT2D eigenvalue weighted by molar-refractivity contribution is 0.409. The Bertz CT molecular complexity index is 560. The van der Waals surface area contributed by atoms with Gasteiger partial charge in [0.15, 0.2) is 0 Å². The molecule has 19 heavy (non-hydrogen) atoms. The van der Waals surface area contributed by atoms with Gasteiger partial charge < -0.3 is 10.5 Å². The van der Waals surface area contributed by atoms with Crippen molar-refractivity contribution in [3.63, 3.8) is 0 Å². The average Bonchev–Trinajstić information content (AvgIpc) is 2.46. The summed E-state index contributed by atoms with van der Waals surface area (Å²) in [4.78, 5) is 1.24. The minimum Gasteiger partial charge on any atom is -0.496 e. The fourth-order valence-electron chi connectivity index (χ4n) is 1.80. The average molecular weight is 338 g/mol. The van der Waals surface area contributed by atoms with Gasteiger partial charge in [-0.25, -0.2) is 0 Å². The smallest absolute Gasteiger partial charge is 0.123 e. The lowest BCUT2D eigenvalue weighted by Crippen LogP contribution is -2.00. The first kappa shape index (κ1) is 14.4. The van der Waals surface area contributed by atoms with E-state index in [-0.39, 0.29) is 0 Å². The number of hydrogen-bond donors (Lipinski definition) is 1. The molecule has 100 valence electrons.